The quantitative estimate of drug-likeness (QED) is 0.651. The van der Waals surface area contributed by atoms with Gasteiger partial charge in [-0.15, -0.1) is 0 Å². The maximum atomic E-state index is 12.3. The number of carboxylic acid groups (broad SMARTS) is 1. The predicted molar refractivity (Wildman–Crippen MR) is 91.7 cm³/mol. The van der Waals surface area contributed by atoms with Crippen molar-refractivity contribution in [2.24, 2.45) is 0 Å². The number of aromatic carboxylic acids is 1. The molecule has 0 bridgehead atoms. The molecule has 0 spiro atoms. The summed E-state index contributed by atoms with van der Waals surface area (Å²) in [5.74, 6) is -1.34. The smallest absolute Gasteiger partial charge is 0.352 e. The summed E-state index contributed by atoms with van der Waals surface area (Å²) in [4.78, 5) is 26.5. The second-order valence-corrected chi connectivity index (χ2v) is 5.98. The third-order valence-electron chi connectivity index (χ3n) is 3.49. The van der Waals surface area contributed by atoms with E-state index < -0.39 is 5.97 Å². The molecule has 3 rings (SSSR count). The fourth-order valence-corrected chi connectivity index (χ4v) is 2.73. The second kappa shape index (κ2) is 6.26. The van der Waals surface area contributed by atoms with E-state index in [1.807, 2.05) is 24.3 Å². The van der Waals surface area contributed by atoms with Crippen molar-refractivity contribution in [1.82, 2.24) is 4.98 Å². The van der Waals surface area contributed by atoms with Gasteiger partial charge in [-0.25, -0.2) is 4.79 Å². The molecule has 0 aliphatic carbocycles. The highest BCUT2D eigenvalue weighted by molar-refractivity contribution is 9.10. The van der Waals surface area contributed by atoms with Gasteiger partial charge in [-0.2, -0.15) is 0 Å². The third kappa shape index (κ3) is 3.27. The highest BCUT2D eigenvalue weighted by Crippen LogP contribution is 2.23. The molecule has 0 atom stereocenters. The molecule has 1 aromatic heterocycles. The average molecular weight is 373 g/mol. The number of carboxylic acids is 1. The molecule has 0 saturated carbocycles. The number of amides is 1. The predicted octanol–water partition coefficient (Wildman–Crippen LogP) is 3.81. The molecule has 0 aliphatic rings. The molecular weight excluding hydrogens is 360 g/mol. The number of fused-ring (bicyclic) bond motifs is 1. The van der Waals surface area contributed by atoms with Crippen molar-refractivity contribution in [3.8, 4) is 0 Å². The van der Waals surface area contributed by atoms with E-state index in [2.05, 4.69) is 26.2 Å². The largest absolute Gasteiger partial charge is 0.477 e. The van der Waals surface area contributed by atoms with Crippen LogP contribution in [0.3, 0.4) is 0 Å². The Hall–Kier alpha value is -2.60. The maximum absolute atomic E-state index is 12.3. The summed E-state index contributed by atoms with van der Waals surface area (Å²) in [5.41, 5.74) is 1.91. The van der Waals surface area contributed by atoms with Crippen LogP contribution in [0.25, 0.3) is 10.9 Å². The summed E-state index contributed by atoms with van der Waals surface area (Å²) < 4.78 is 0.917. The Balaban J connectivity index is 1.88. The minimum absolute atomic E-state index is 0.0122. The first-order valence-electron chi connectivity index (χ1n) is 6.93. The van der Waals surface area contributed by atoms with Crippen molar-refractivity contribution in [3.05, 3.63) is 64.3 Å². The molecule has 23 heavy (non-hydrogen) atoms. The Morgan fingerprint density at radius 3 is 2.48 bits per heavy atom. The molecule has 3 N–H and O–H groups in total. The van der Waals surface area contributed by atoms with E-state index in [9.17, 15) is 14.7 Å². The summed E-state index contributed by atoms with van der Waals surface area (Å²) in [6, 6.07) is 14.4. The molecule has 0 radical (unpaired) electrons. The highest BCUT2D eigenvalue weighted by atomic mass is 79.9. The number of H-pyrrole nitrogens is 1. The van der Waals surface area contributed by atoms with Gasteiger partial charge >= 0.3 is 5.97 Å². The fourth-order valence-electron chi connectivity index (χ4n) is 2.47. The van der Waals surface area contributed by atoms with Gasteiger partial charge in [0.2, 0.25) is 5.91 Å². The van der Waals surface area contributed by atoms with Crippen LogP contribution in [-0.2, 0) is 11.2 Å². The van der Waals surface area contributed by atoms with Gasteiger partial charge < -0.3 is 15.4 Å². The summed E-state index contributed by atoms with van der Waals surface area (Å²) in [7, 11) is 0. The zero-order chi connectivity index (χ0) is 16.4. The van der Waals surface area contributed by atoms with Gasteiger partial charge in [-0.05, 0) is 30.3 Å². The molecule has 5 nitrogen and oxygen atoms in total. The molecule has 6 heteroatoms. The van der Waals surface area contributed by atoms with Crippen LogP contribution in [0.2, 0.25) is 0 Å². The van der Waals surface area contributed by atoms with Gasteiger partial charge in [0.05, 0.1) is 6.42 Å². The number of anilines is 1. The fraction of sp³-hybridized carbons (Fsp3) is 0.0588. The molecule has 0 unspecified atom stereocenters. The highest BCUT2D eigenvalue weighted by Gasteiger charge is 2.19. The monoisotopic (exact) mass is 372 g/mol. The van der Waals surface area contributed by atoms with E-state index >= 15 is 0 Å². The summed E-state index contributed by atoms with van der Waals surface area (Å²) in [6.07, 6.45) is -0.0122. The van der Waals surface area contributed by atoms with Gasteiger partial charge in [0, 0.05) is 26.6 Å². The maximum Gasteiger partial charge on any atom is 0.352 e. The number of rotatable bonds is 4. The van der Waals surface area contributed by atoms with E-state index in [1.165, 1.54) is 0 Å². The number of halogens is 1. The van der Waals surface area contributed by atoms with Crippen molar-refractivity contribution in [1.29, 1.82) is 0 Å². The number of para-hydroxylation sites is 1. The summed E-state index contributed by atoms with van der Waals surface area (Å²) >= 11 is 3.33. The van der Waals surface area contributed by atoms with E-state index in [-0.39, 0.29) is 18.0 Å². The number of hydrogen-bond donors (Lipinski definition) is 3. The first-order chi connectivity index (χ1) is 11.0. The van der Waals surface area contributed by atoms with Crippen molar-refractivity contribution < 1.29 is 14.7 Å². The standard InChI is InChI=1S/C17H13BrN2O3/c18-10-5-7-11(8-6-10)19-15(21)9-13-12-3-1-2-4-14(12)20-16(13)17(22)23/h1-8,20H,9H2,(H,19,21)(H,22,23). The number of benzene rings is 2. The number of carbonyl (C=O) groups excluding carboxylic acids is 1. The number of aromatic amines is 1. The van der Waals surface area contributed by atoms with Gasteiger partial charge in [0.25, 0.3) is 0 Å². The van der Waals surface area contributed by atoms with Crippen LogP contribution in [-0.4, -0.2) is 22.0 Å². The number of hydrogen-bond acceptors (Lipinski definition) is 2. The van der Waals surface area contributed by atoms with Crippen LogP contribution in [0.5, 0.6) is 0 Å². The average Bonchev–Trinajstić information content (AvgIpc) is 2.89. The van der Waals surface area contributed by atoms with Crippen molar-refractivity contribution in [2.45, 2.75) is 6.42 Å². The van der Waals surface area contributed by atoms with E-state index in [0.717, 1.165) is 9.86 Å². The third-order valence-corrected chi connectivity index (χ3v) is 4.02. The normalized spacial score (nSPS) is 10.7. The lowest BCUT2D eigenvalue weighted by molar-refractivity contribution is -0.115. The number of nitrogens with one attached hydrogen (secondary N) is 2. The van der Waals surface area contributed by atoms with Crippen LogP contribution >= 0.6 is 15.9 Å². The summed E-state index contributed by atoms with van der Waals surface area (Å²) in [5, 5.41) is 12.8. The Bertz CT molecular complexity index is 884. The SMILES string of the molecule is O=C(Cc1c(C(=O)O)[nH]c2ccccc12)Nc1ccc(Br)cc1. The Kier molecular flexibility index (Phi) is 4.16. The molecule has 1 heterocycles. The van der Waals surface area contributed by atoms with E-state index in [1.54, 1.807) is 24.3 Å². The Morgan fingerprint density at radius 1 is 1.09 bits per heavy atom. The Labute approximate surface area is 140 Å². The van der Waals surface area contributed by atoms with Gasteiger partial charge in [0.15, 0.2) is 0 Å². The number of carbonyl (C=O) groups is 2. The lowest BCUT2D eigenvalue weighted by atomic mass is 10.1. The zero-order valence-corrected chi connectivity index (χ0v) is 13.6. The minimum Gasteiger partial charge on any atom is -0.477 e. The molecule has 116 valence electrons. The van der Waals surface area contributed by atoms with Crippen molar-refractivity contribution >= 4 is 44.4 Å². The number of aromatic nitrogens is 1. The molecule has 2 aromatic carbocycles. The van der Waals surface area contributed by atoms with Crippen LogP contribution in [0, 0.1) is 0 Å². The van der Waals surface area contributed by atoms with Crippen LogP contribution in [0.1, 0.15) is 16.1 Å². The van der Waals surface area contributed by atoms with Gasteiger partial charge in [-0.1, -0.05) is 34.1 Å². The van der Waals surface area contributed by atoms with Crippen LogP contribution in [0.4, 0.5) is 5.69 Å². The lowest BCUT2D eigenvalue weighted by Gasteiger charge is -2.06. The first kappa shape index (κ1) is 15.3. The second-order valence-electron chi connectivity index (χ2n) is 5.06. The zero-order valence-electron chi connectivity index (χ0n) is 12.0. The van der Waals surface area contributed by atoms with E-state index in [0.29, 0.717) is 16.8 Å². The van der Waals surface area contributed by atoms with Crippen LogP contribution in [0.15, 0.2) is 53.0 Å². The molecular formula is C17H13BrN2O3. The molecule has 3 aromatic rings. The van der Waals surface area contributed by atoms with E-state index in [4.69, 9.17) is 0 Å². The molecule has 0 aliphatic heterocycles. The lowest BCUT2D eigenvalue weighted by Crippen LogP contribution is -2.16. The van der Waals surface area contributed by atoms with Crippen molar-refractivity contribution in [3.63, 3.8) is 0 Å². The Morgan fingerprint density at radius 2 is 1.78 bits per heavy atom. The van der Waals surface area contributed by atoms with Crippen molar-refractivity contribution in [2.75, 3.05) is 5.32 Å². The molecule has 0 saturated heterocycles. The molecule has 1 amide bonds. The summed E-state index contributed by atoms with van der Waals surface area (Å²) in [6.45, 7) is 0. The minimum atomic E-state index is -1.08. The topological polar surface area (TPSA) is 82.2 Å². The van der Waals surface area contributed by atoms with Gasteiger partial charge in [-0.3, -0.25) is 4.79 Å². The van der Waals surface area contributed by atoms with Gasteiger partial charge in [0.1, 0.15) is 5.69 Å². The first-order valence-corrected chi connectivity index (χ1v) is 7.72. The molecule has 0 fully saturated rings. The van der Waals surface area contributed by atoms with Crippen LogP contribution < -0.4 is 5.32 Å².